The molecule has 3 aromatic rings. The van der Waals surface area contributed by atoms with E-state index in [4.69, 9.17) is 14.2 Å². The summed E-state index contributed by atoms with van der Waals surface area (Å²) < 4.78 is 45.5. The molecule has 236 valence electrons. The summed E-state index contributed by atoms with van der Waals surface area (Å²) in [5.41, 5.74) is 0.858. The molecule has 1 saturated carbocycles. The number of sulfonamides is 1. The lowest BCUT2D eigenvalue weighted by molar-refractivity contribution is -0.139. The van der Waals surface area contributed by atoms with Crippen LogP contribution in [0.5, 0.6) is 17.2 Å². The molecule has 2 amide bonds. The fourth-order valence-electron chi connectivity index (χ4n) is 5.34. The number of nitrogens with one attached hydrogen (secondary N) is 1. The Morgan fingerprint density at radius 1 is 0.864 bits per heavy atom. The molecule has 0 saturated heterocycles. The van der Waals surface area contributed by atoms with Gasteiger partial charge in [0.1, 0.15) is 29.8 Å². The van der Waals surface area contributed by atoms with Gasteiger partial charge in [-0.1, -0.05) is 49.6 Å². The third-order valence-corrected chi connectivity index (χ3v) is 9.64. The van der Waals surface area contributed by atoms with Crippen LogP contribution in [0.3, 0.4) is 0 Å². The van der Waals surface area contributed by atoms with E-state index in [1.807, 2.05) is 6.07 Å². The minimum Gasteiger partial charge on any atom is -0.497 e. The molecule has 0 bridgehead atoms. The van der Waals surface area contributed by atoms with Crippen molar-refractivity contribution in [2.24, 2.45) is 0 Å². The first kappa shape index (κ1) is 32.7. The van der Waals surface area contributed by atoms with Crippen molar-refractivity contribution in [2.45, 2.75) is 62.6 Å². The smallest absolute Gasteiger partial charge is 0.264 e. The summed E-state index contributed by atoms with van der Waals surface area (Å²) in [7, 11) is 0.180. The van der Waals surface area contributed by atoms with Gasteiger partial charge in [0.2, 0.25) is 11.8 Å². The molecule has 1 atom stereocenters. The number of ether oxygens (including phenoxy) is 3. The van der Waals surface area contributed by atoms with Crippen molar-refractivity contribution in [3.63, 3.8) is 0 Å². The normalized spacial score (nSPS) is 14.3. The summed E-state index contributed by atoms with van der Waals surface area (Å²) in [4.78, 5) is 29.2. The number of anilines is 1. The highest BCUT2D eigenvalue weighted by molar-refractivity contribution is 7.92. The fourth-order valence-corrected chi connectivity index (χ4v) is 6.78. The van der Waals surface area contributed by atoms with E-state index in [-0.39, 0.29) is 34.8 Å². The Kier molecular flexibility index (Phi) is 11.1. The average molecular weight is 624 g/mol. The molecule has 44 heavy (non-hydrogen) atoms. The minimum atomic E-state index is -4.26. The van der Waals surface area contributed by atoms with Crippen LogP contribution in [0.1, 0.15) is 44.6 Å². The number of nitrogens with zero attached hydrogens (tertiary/aromatic N) is 2. The van der Waals surface area contributed by atoms with E-state index < -0.39 is 28.5 Å². The lowest BCUT2D eigenvalue weighted by Gasteiger charge is -2.33. The molecule has 0 spiro atoms. The Morgan fingerprint density at radius 3 is 2.20 bits per heavy atom. The summed E-state index contributed by atoms with van der Waals surface area (Å²) in [6.45, 7) is 1.13. The fraction of sp³-hybridized carbons (Fsp3) is 0.394. The van der Waals surface area contributed by atoms with Gasteiger partial charge >= 0.3 is 0 Å². The number of benzene rings is 3. The summed E-state index contributed by atoms with van der Waals surface area (Å²) in [5, 5.41) is 3.11. The quantitative estimate of drug-likeness (QED) is 0.292. The van der Waals surface area contributed by atoms with Gasteiger partial charge in [0.25, 0.3) is 10.0 Å². The Labute approximate surface area is 260 Å². The van der Waals surface area contributed by atoms with E-state index in [2.05, 4.69) is 5.32 Å². The van der Waals surface area contributed by atoms with E-state index in [0.29, 0.717) is 11.5 Å². The number of hydrogen-bond donors (Lipinski definition) is 1. The molecule has 1 N–H and O–H groups in total. The van der Waals surface area contributed by atoms with Crippen LogP contribution in [0.4, 0.5) is 5.69 Å². The van der Waals surface area contributed by atoms with Crippen molar-refractivity contribution in [1.29, 1.82) is 0 Å². The highest BCUT2D eigenvalue weighted by Crippen LogP contribution is 2.36. The monoisotopic (exact) mass is 623 g/mol. The average Bonchev–Trinajstić information content (AvgIpc) is 3.06. The summed E-state index contributed by atoms with van der Waals surface area (Å²) >= 11 is 0. The predicted octanol–water partition coefficient (Wildman–Crippen LogP) is 4.77. The Hall–Kier alpha value is -4.25. The lowest BCUT2D eigenvalue weighted by Crippen LogP contribution is -2.53. The zero-order valence-electron chi connectivity index (χ0n) is 25.7. The summed E-state index contributed by atoms with van der Waals surface area (Å²) in [5.74, 6) is 0.368. The van der Waals surface area contributed by atoms with E-state index in [0.717, 1.165) is 42.0 Å². The molecule has 0 aliphatic heterocycles. The van der Waals surface area contributed by atoms with Crippen molar-refractivity contribution in [2.75, 3.05) is 32.2 Å². The summed E-state index contributed by atoms with van der Waals surface area (Å²) in [6, 6.07) is 19.0. The van der Waals surface area contributed by atoms with Gasteiger partial charge in [-0.2, -0.15) is 0 Å². The van der Waals surface area contributed by atoms with Crippen molar-refractivity contribution < 1.29 is 32.2 Å². The van der Waals surface area contributed by atoms with Gasteiger partial charge in [0.05, 0.1) is 31.9 Å². The van der Waals surface area contributed by atoms with E-state index >= 15 is 0 Å². The van der Waals surface area contributed by atoms with Crippen molar-refractivity contribution in [1.82, 2.24) is 10.2 Å². The molecule has 10 nitrogen and oxygen atoms in total. The Balaban J connectivity index is 1.74. The molecule has 1 aliphatic carbocycles. The first-order chi connectivity index (χ1) is 21.2. The zero-order chi connectivity index (χ0) is 31.7. The largest absolute Gasteiger partial charge is 0.497 e. The number of methoxy groups -OCH3 is 3. The molecule has 0 heterocycles. The van der Waals surface area contributed by atoms with Crippen LogP contribution in [0.2, 0.25) is 0 Å². The number of hydrogen-bond acceptors (Lipinski definition) is 7. The van der Waals surface area contributed by atoms with Gasteiger partial charge < -0.3 is 24.4 Å². The first-order valence-corrected chi connectivity index (χ1v) is 16.1. The second-order valence-electron chi connectivity index (χ2n) is 10.8. The molecule has 0 radical (unpaired) electrons. The second-order valence-corrected chi connectivity index (χ2v) is 12.6. The number of carbonyl (C=O) groups excluding carboxylic acids is 2. The van der Waals surface area contributed by atoms with Crippen LogP contribution >= 0.6 is 0 Å². The standard InChI is InChI=1S/C33H41N3O7S/c1-24(33(38)34-26-13-7-5-8-14-26)35(22-25-12-11-15-27(20-25)41-2)32(37)23-36(44(39,40)29-16-9-6-10-17-29)30-21-28(42-3)18-19-31(30)43-4/h6,9-12,15-21,24,26H,5,7-8,13-14,22-23H2,1-4H3,(H,34,38)/t24-/m1/s1. The highest BCUT2D eigenvalue weighted by Gasteiger charge is 2.34. The molecular formula is C33H41N3O7S. The molecule has 3 aromatic carbocycles. The number of amides is 2. The predicted molar refractivity (Wildman–Crippen MR) is 169 cm³/mol. The van der Waals surface area contributed by atoms with Gasteiger partial charge in [-0.05, 0) is 61.7 Å². The van der Waals surface area contributed by atoms with E-state index in [1.54, 1.807) is 62.6 Å². The molecule has 0 unspecified atom stereocenters. The topological polar surface area (TPSA) is 114 Å². The highest BCUT2D eigenvalue weighted by atomic mass is 32.2. The van der Waals surface area contributed by atoms with Crippen molar-refractivity contribution in [3.8, 4) is 17.2 Å². The van der Waals surface area contributed by atoms with Gasteiger partial charge in [0.15, 0.2) is 0 Å². The Morgan fingerprint density at radius 2 is 1.55 bits per heavy atom. The number of carbonyl (C=O) groups is 2. The minimum absolute atomic E-state index is 0.000101. The van der Waals surface area contributed by atoms with Crippen molar-refractivity contribution in [3.05, 3.63) is 78.4 Å². The third-order valence-electron chi connectivity index (χ3n) is 7.87. The number of rotatable bonds is 13. The van der Waals surface area contributed by atoms with Crippen molar-refractivity contribution >= 4 is 27.5 Å². The van der Waals surface area contributed by atoms with Gasteiger partial charge in [-0.3, -0.25) is 13.9 Å². The molecule has 4 rings (SSSR count). The van der Waals surface area contributed by atoms with Crippen LogP contribution in [0.25, 0.3) is 0 Å². The lowest BCUT2D eigenvalue weighted by atomic mass is 9.95. The van der Waals surface area contributed by atoms with E-state index in [9.17, 15) is 18.0 Å². The zero-order valence-corrected chi connectivity index (χ0v) is 26.5. The van der Waals surface area contributed by atoms with Crippen LogP contribution in [-0.4, -0.2) is 65.1 Å². The Bertz CT molecular complexity index is 1530. The van der Waals surface area contributed by atoms with Crippen LogP contribution in [-0.2, 0) is 26.2 Å². The second kappa shape index (κ2) is 15.0. The first-order valence-electron chi connectivity index (χ1n) is 14.7. The molecular weight excluding hydrogens is 582 g/mol. The SMILES string of the molecule is COc1cccc(CN(C(=O)CN(c2cc(OC)ccc2OC)S(=O)(=O)c2ccccc2)[C@H](C)C(=O)NC2CCCCC2)c1. The molecule has 0 aromatic heterocycles. The molecule has 11 heteroatoms. The summed E-state index contributed by atoms with van der Waals surface area (Å²) in [6.07, 6.45) is 5.00. The van der Waals surface area contributed by atoms with Crippen LogP contribution < -0.4 is 23.8 Å². The maximum atomic E-state index is 14.3. The van der Waals surface area contributed by atoms with Crippen LogP contribution in [0, 0.1) is 0 Å². The maximum absolute atomic E-state index is 14.3. The van der Waals surface area contributed by atoms with Gasteiger partial charge in [0, 0.05) is 18.7 Å². The van der Waals surface area contributed by atoms with Gasteiger partial charge in [-0.15, -0.1) is 0 Å². The maximum Gasteiger partial charge on any atom is 0.264 e. The molecule has 1 fully saturated rings. The van der Waals surface area contributed by atoms with Gasteiger partial charge in [-0.25, -0.2) is 8.42 Å². The van der Waals surface area contributed by atoms with Crippen LogP contribution in [0.15, 0.2) is 77.7 Å². The van der Waals surface area contributed by atoms with E-state index in [1.165, 1.54) is 37.3 Å². The molecule has 1 aliphatic rings. The third kappa shape index (κ3) is 7.82.